The zero-order valence-corrected chi connectivity index (χ0v) is 14.2. The smallest absolute Gasteiger partial charge is 0.303 e. The minimum atomic E-state index is -0.869. The van der Waals surface area contributed by atoms with Gasteiger partial charge in [-0.05, 0) is 30.9 Å². The number of hydrogen-bond acceptors (Lipinski definition) is 4. The van der Waals surface area contributed by atoms with Gasteiger partial charge in [-0.25, -0.2) is 0 Å². The van der Waals surface area contributed by atoms with Crippen LogP contribution in [-0.4, -0.2) is 33.9 Å². The van der Waals surface area contributed by atoms with E-state index in [-0.39, 0.29) is 29.6 Å². The van der Waals surface area contributed by atoms with Crippen molar-refractivity contribution in [2.24, 2.45) is 11.7 Å². The molecule has 7 heteroatoms. The van der Waals surface area contributed by atoms with Crippen LogP contribution in [0.15, 0.2) is 18.3 Å². The fourth-order valence-corrected chi connectivity index (χ4v) is 3.31. The van der Waals surface area contributed by atoms with E-state index >= 15 is 0 Å². The predicted octanol–water partition coefficient (Wildman–Crippen LogP) is 2.11. The normalized spacial score (nSPS) is 16.2. The minimum absolute atomic E-state index is 0.0196. The Kier molecular flexibility index (Phi) is 6.91. The molecule has 7 nitrogen and oxygen atoms in total. The van der Waals surface area contributed by atoms with Crippen molar-refractivity contribution in [2.45, 2.75) is 57.4 Å². The summed E-state index contributed by atoms with van der Waals surface area (Å²) in [6, 6.07) is 2.71. The Morgan fingerprint density at radius 2 is 1.96 bits per heavy atom. The number of carbonyl (C=O) groups excluding carboxylic acids is 2. The number of amides is 2. The lowest BCUT2D eigenvalue weighted by Crippen LogP contribution is -2.37. The molecule has 1 fully saturated rings. The maximum atomic E-state index is 12.4. The number of carboxylic acids is 1. The van der Waals surface area contributed by atoms with Gasteiger partial charge in [0, 0.05) is 18.7 Å². The molecule has 0 spiro atoms. The van der Waals surface area contributed by atoms with Gasteiger partial charge in [-0.15, -0.1) is 0 Å². The quantitative estimate of drug-likeness (QED) is 0.665. The van der Waals surface area contributed by atoms with Crippen LogP contribution in [0.2, 0.25) is 0 Å². The molecule has 0 saturated heterocycles. The average molecular weight is 347 g/mol. The summed E-state index contributed by atoms with van der Waals surface area (Å²) in [5.74, 6) is -1.30. The van der Waals surface area contributed by atoms with E-state index in [4.69, 9.17) is 10.8 Å². The number of pyridine rings is 1. The second kappa shape index (κ2) is 9.15. The van der Waals surface area contributed by atoms with E-state index in [0.717, 1.165) is 19.3 Å². The van der Waals surface area contributed by atoms with Crippen molar-refractivity contribution in [3.63, 3.8) is 0 Å². The van der Waals surface area contributed by atoms with E-state index in [0.29, 0.717) is 12.3 Å². The van der Waals surface area contributed by atoms with Crippen molar-refractivity contribution < 1.29 is 19.5 Å². The monoisotopic (exact) mass is 347 g/mol. The van der Waals surface area contributed by atoms with Gasteiger partial charge in [-0.2, -0.15) is 0 Å². The van der Waals surface area contributed by atoms with Gasteiger partial charge in [-0.1, -0.05) is 32.1 Å². The van der Waals surface area contributed by atoms with Crippen LogP contribution in [0.1, 0.15) is 72.2 Å². The van der Waals surface area contributed by atoms with Crippen molar-refractivity contribution in [1.82, 2.24) is 10.3 Å². The molecule has 0 aliphatic heterocycles. The Morgan fingerprint density at radius 1 is 1.24 bits per heavy atom. The Balaban J connectivity index is 1.98. The first-order chi connectivity index (χ1) is 12.0. The molecule has 1 aliphatic carbocycles. The highest BCUT2D eigenvalue weighted by Gasteiger charge is 2.22. The topological polar surface area (TPSA) is 122 Å². The molecule has 2 amide bonds. The predicted molar refractivity (Wildman–Crippen MR) is 92.1 cm³/mol. The Labute approximate surface area is 147 Å². The largest absolute Gasteiger partial charge is 0.481 e. The maximum Gasteiger partial charge on any atom is 0.303 e. The Morgan fingerprint density at radius 3 is 2.52 bits per heavy atom. The number of aromatic nitrogens is 1. The van der Waals surface area contributed by atoms with Crippen molar-refractivity contribution in [1.29, 1.82) is 0 Å². The molecule has 25 heavy (non-hydrogen) atoms. The highest BCUT2D eigenvalue weighted by molar-refractivity contribution is 5.95. The molecule has 1 aromatic rings. The van der Waals surface area contributed by atoms with Gasteiger partial charge in [0.15, 0.2) is 0 Å². The van der Waals surface area contributed by atoms with Crippen molar-refractivity contribution in [3.05, 3.63) is 29.6 Å². The van der Waals surface area contributed by atoms with Gasteiger partial charge in [0.05, 0.1) is 5.56 Å². The lowest BCUT2D eigenvalue weighted by atomic mass is 9.84. The molecular formula is C18H25N3O4. The van der Waals surface area contributed by atoms with E-state index in [2.05, 4.69) is 10.3 Å². The third kappa shape index (κ3) is 6.17. The second-order valence-electron chi connectivity index (χ2n) is 6.64. The average Bonchev–Trinajstić information content (AvgIpc) is 2.60. The van der Waals surface area contributed by atoms with Crippen molar-refractivity contribution in [2.75, 3.05) is 0 Å². The first-order valence-electron chi connectivity index (χ1n) is 8.74. The van der Waals surface area contributed by atoms with Crippen LogP contribution in [0.3, 0.4) is 0 Å². The van der Waals surface area contributed by atoms with Crippen molar-refractivity contribution >= 4 is 17.8 Å². The van der Waals surface area contributed by atoms with E-state index in [9.17, 15) is 14.4 Å². The zero-order valence-electron chi connectivity index (χ0n) is 14.2. The summed E-state index contributed by atoms with van der Waals surface area (Å²) in [5.41, 5.74) is 5.58. The number of rotatable bonds is 8. The lowest BCUT2D eigenvalue weighted by molar-refractivity contribution is -0.137. The first-order valence-corrected chi connectivity index (χ1v) is 8.74. The van der Waals surface area contributed by atoms with Gasteiger partial charge in [-0.3, -0.25) is 19.4 Å². The molecule has 136 valence electrons. The first kappa shape index (κ1) is 18.9. The number of nitrogens with zero attached hydrogens (tertiary/aromatic N) is 1. The number of hydrogen-bond donors (Lipinski definition) is 3. The van der Waals surface area contributed by atoms with Gasteiger partial charge in [0.1, 0.15) is 5.69 Å². The molecule has 2 rings (SSSR count). The lowest BCUT2D eigenvalue weighted by Gasteiger charge is -2.27. The number of nitrogens with two attached hydrogens (primary N) is 1. The van der Waals surface area contributed by atoms with Crippen LogP contribution in [0.4, 0.5) is 0 Å². The highest BCUT2D eigenvalue weighted by atomic mass is 16.4. The molecule has 0 aromatic carbocycles. The van der Waals surface area contributed by atoms with Crippen LogP contribution in [0, 0.1) is 5.92 Å². The van der Waals surface area contributed by atoms with E-state index in [1.165, 1.54) is 37.6 Å². The van der Waals surface area contributed by atoms with Crippen LogP contribution < -0.4 is 11.1 Å². The van der Waals surface area contributed by atoms with E-state index < -0.39 is 11.9 Å². The van der Waals surface area contributed by atoms with E-state index in [1.54, 1.807) is 0 Å². The second-order valence-corrected chi connectivity index (χ2v) is 6.64. The summed E-state index contributed by atoms with van der Waals surface area (Å²) in [5, 5.41) is 11.8. The van der Waals surface area contributed by atoms with Crippen molar-refractivity contribution in [3.8, 4) is 0 Å². The molecule has 1 atom stereocenters. The standard InChI is InChI=1S/C18H25N3O4/c19-17(24)13-6-8-15(20-11-13)18(25)21-14(7-9-16(22)23)10-12-4-2-1-3-5-12/h6,8,11-12,14H,1-5,7,9-10H2,(H2,19,24)(H,21,25)(H,22,23). The van der Waals surface area contributed by atoms with Gasteiger partial charge in [0.2, 0.25) is 5.91 Å². The van der Waals surface area contributed by atoms with Crippen LogP contribution in [-0.2, 0) is 4.79 Å². The van der Waals surface area contributed by atoms with Gasteiger partial charge in [0.25, 0.3) is 5.91 Å². The third-order valence-corrected chi connectivity index (χ3v) is 4.67. The highest BCUT2D eigenvalue weighted by Crippen LogP contribution is 2.28. The Bertz CT molecular complexity index is 609. The minimum Gasteiger partial charge on any atom is -0.481 e. The molecule has 1 aromatic heterocycles. The summed E-state index contributed by atoms with van der Waals surface area (Å²) in [6.45, 7) is 0. The molecule has 0 bridgehead atoms. The van der Waals surface area contributed by atoms with Gasteiger partial charge < -0.3 is 16.2 Å². The maximum absolute atomic E-state index is 12.4. The number of carbonyl (C=O) groups is 3. The fraction of sp³-hybridized carbons (Fsp3) is 0.556. The summed E-state index contributed by atoms with van der Waals surface area (Å²) in [7, 11) is 0. The number of primary amides is 1. The molecule has 0 radical (unpaired) electrons. The summed E-state index contributed by atoms with van der Waals surface area (Å²) < 4.78 is 0. The SMILES string of the molecule is NC(=O)c1ccc(C(=O)NC(CCC(=O)O)CC2CCCCC2)nc1. The molecule has 1 heterocycles. The molecule has 1 unspecified atom stereocenters. The summed E-state index contributed by atoms with van der Waals surface area (Å²) in [6.07, 6.45) is 8.38. The van der Waals surface area contributed by atoms with Crippen LogP contribution in [0.5, 0.6) is 0 Å². The van der Waals surface area contributed by atoms with Crippen LogP contribution >= 0.6 is 0 Å². The molecule has 1 aliphatic rings. The number of nitrogens with one attached hydrogen (secondary N) is 1. The fourth-order valence-electron chi connectivity index (χ4n) is 3.31. The molecular weight excluding hydrogens is 322 g/mol. The van der Waals surface area contributed by atoms with Gasteiger partial charge >= 0.3 is 5.97 Å². The number of aliphatic carboxylic acids is 1. The molecule has 4 N–H and O–H groups in total. The Hall–Kier alpha value is -2.44. The van der Waals surface area contributed by atoms with Crippen LogP contribution in [0.25, 0.3) is 0 Å². The zero-order chi connectivity index (χ0) is 18.2. The third-order valence-electron chi connectivity index (χ3n) is 4.67. The number of carboxylic acid groups (broad SMARTS) is 1. The summed E-state index contributed by atoms with van der Waals surface area (Å²) >= 11 is 0. The molecule has 1 saturated carbocycles. The van der Waals surface area contributed by atoms with E-state index in [1.807, 2.05) is 0 Å². The summed E-state index contributed by atoms with van der Waals surface area (Å²) in [4.78, 5) is 38.3.